The molecular weight excluding hydrogens is 360 g/mol. The minimum Gasteiger partial charge on any atom is -0.491 e. The van der Waals surface area contributed by atoms with Crippen LogP contribution in [0.3, 0.4) is 0 Å². The predicted octanol–water partition coefficient (Wildman–Crippen LogP) is 0.835. The normalized spacial score (nSPS) is 12.5. The third-order valence-corrected chi connectivity index (χ3v) is 4.51. The van der Waals surface area contributed by atoms with Crippen molar-refractivity contribution >= 4 is 22.8 Å². The lowest BCUT2D eigenvalue weighted by Crippen LogP contribution is -2.38. The van der Waals surface area contributed by atoms with Crippen molar-refractivity contribution in [3.8, 4) is 5.75 Å². The van der Waals surface area contributed by atoms with E-state index in [1.807, 2.05) is 31.2 Å². The van der Waals surface area contributed by atoms with Gasteiger partial charge in [0.25, 0.3) is 5.56 Å². The van der Waals surface area contributed by atoms with Crippen molar-refractivity contribution in [2.24, 2.45) is 14.1 Å². The van der Waals surface area contributed by atoms with Crippen molar-refractivity contribution < 1.29 is 9.84 Å². The maximum Gasteiger partial charge on any atom is 0.332 e. The van der Waals surface area contributed by atoms with Crippen LogP contribution in [0.15, 0.2) is 33.9 Å². The van der Waals surface area contributed by atoms with Crippen LogP contribution in [0.25, 0.3) is 11.2 Å². The molecule has 0 aliphatic heterocycles. The summed E-state index contributed by atoms with van der Waals surface area (Å²) in [6.07, 6.45) is -0.925. The number of halogens is 1. The fraction of sp³-hybridized carbons (Fsp3) is 0.353. The van der Waals surface area contributed by atoms with Crippen LogP contribution >= 0.6 is 11.6 Å². The zero-order valence-corrected chi connectivity index (χ0v) is 15.4. The van der Waals surface area contributed by atoms with E-state index < -0.39 is 17.4 Å². The summed E-state index contributed by atoms with van der Waals surface area (Å²) in [5.41, 5.74) is 0.279. The van der Waals surface area contributed by atoms with Crippen molar-refractivity contribution in [3.05, 3.63) is 56.0 Å². The van der Waals surface area contributed by atoms with Crippen molar-refractivity contribution in [1.29, 1.82) is 0 Å². The van der Waals surface area contributed by atoms with E-state index in [-0.39, 0.29) is 29.6 Å². The van der Waals surface area contributed by atoms with Crippen LogP contribution in [-0.4, -0.2) is 36.5 Å². The number of aromatic nitrogens is 4. The van der Waals surface area contributed by atoms with Gasteiger partial charge in [-0.1, -0.05) is 18.2 Å². The largest absolute Gasteiger partial charge is 0.491 e. The van der Waals surface area contributed by atoms with Crippen LogP contribution in [0.2, 0.25) is 5.28 Å². The molecule has 0 unspecified atom stereocenters. The van der Waals surface area contributed by atoms with Crippen molar-refractivity contribution in [3.63, 3.8) is 0 Å². The summed E-state index contributed by atoms with van der Waals surface area (Å²) in [7, 11) is 2.89. The van der Waals surface area contributed by atoms with Crippen LogP contribution in [0.5, 0.6) is 5.75 Å². The standard InChI is InChI=1S/C17H19ClN4O4/c1-10-6-4-5-7-12(10)26-9-11(23)8-22-13-14(19-16(22)18)20(2)17(25)21(3)15(13)24/h4-7,11,23H,8-9H2,1-3H3/t11-/m1/s1. The molecule has 0 spiro atoms. The van der Waals surface area contributed by atoms with E-state index >= 15 is 0 Å². The summed E-state index contributed by atoms with van der Waals surface area (Å²) in [6, 6.07) is 7.47. The second-order valence-electron chi connectivity index (χ2n) is 6.10. The van der Waals surface area contributed by atoms with Gasteiger partial charge in [-0.05, 0) is 30.2 Å². The van der Waals surface area contributed by atoms with Crippen LogP contribution in [-0.2, 0) is 20.6 Å². The number of fused-ring (bicyclic) bond motifs is 1. The highest BCUT2D eigenvalue weighted by molar-refractivity contribution is 6.29. The van der Waals surface area contributed by atoms with Crippen LogP contribution in [0.1, 0.15) is 5.56 Å². The van der Waals surface area contributed by atoms with E-state index in [4.69, 9.17) is 16.3 Å². The molecule has 138 valence electrons. The molecule has 1 aromatic carbocycles. The number of hydrogen-bond acceptors (Lipinski definition) is 5. The highest BCUT2D eigenvalue weighted by Gasteiger charge is 2.20. The zero-order chi connectivity index (χ0) is 19.0. The van der Waals surface area contributed by atoms with E-state index in [9.17, 15) is 14.7 Å². The molecule has 8 nitrogen and oxygen atoms in total. The number of hydrogen-bond donors (Lipinski definition) is 1. The fourth-order valence-electron chi connectivity index (χ4n) is 2.75. The number of imidazole rings is 1. The van der Waals surface area contributed by atoms with Crippen LogP contribution in [0.4, 0.5) is 0 Å². The molecule has 3 aromatic rings. The van der Waals surface area contributed by atoms with E-state index in [2.05, 4.69) is 4.98 Å². The summed E-state index contributed by atoms with van der Waals surface area (Å²) in [5, 5.41) is 10.4. The zero-order valence-electron chi connectivity index (χ0n) is 14.6. The Bertz CT molecular complexity index is 1080. The van der Waals surface area contributed by atoms with Crippen molar-refractivity contribution in [1.82, 2.24) is 18.7 Å². The number of benzene rings is 1. The number of nitrogens with zero attached hydrogens (tertiary/aromatic N) is 4. The van der Waals surface area contributed by atoms with E-state index in [1.165, 1.54) is 23.2 Å². The first kappa shape index (κ1) is 18.2. The summed E-state index contributed by atoms with van der Waals surface area (Å²) in [6.45, 7) is 1.94. The lowest BCUT2D eigenvalue weighted by Gasteiger charge is -2.15. The smallest absolute Gasteiger partial charge is 0.332 e. The monoisotopic (exact) mass is 378 g/mol. The third kappa shape index (κ3) is 3.13. The Morgan fingerprint density at radius 3 is 2.62 bits per heavy atom. The molecule has 0 saturated heterocycles. The van der Waals surface area contributed by atoms with Gasteiger partial charge in [0.15, 0.2) is 11.2 Å². The quantitative estimate of drug-likeness (QED) is 0.664. The summed E-state index contributed by atoms with van der Waals surface area (Å²) in [4.78, 5) is 28.5. The molecular formula is C17H19ClN4O4. The Kier molecular flexibility index (Phi) is 4.88. The first-order valence-corrected chi connectivity index (χ1v) is 8.37. The topological polar surface area (TPSA) is 91.3 Å². The molecule has 3 rings (SSSR count). The molecule has 1 atom stereocenters. The molecule has 2 heterocycles. The first-order valence-electron chi connectivity index (χ1n) is 7.99. The fourth-order valence-corrected chi connectivity index (χ4v) is 2.99. The summed E-state index contributed by atoms with van der Waals surface area (Å²) in [5.74, 6) is 0.673. The molecule has 0 radical (unpaired) electrons. The van der Waals surface area contributed by atoms with Gasteiger partial charge < -0.3 is 14.4 Å². The van der Waals surface area contributed by atoms with Gasteiger partial charge in [0, 0.05) is 14.1 Å². The Morgan fingerprint density at radius 1 is 1.23 bits per heavy atom. The molecule has 26 heavy (non-hydrogen) atoms. The number of aliphatic hydroxyl groups excluding tert-OH is 1. The van der Waals surface area contributed by atoms with Crippen molar-refractivity contribution in [2.45, 2.75) is 19.6 Å². The lowest BCUT2D eigenvalue weighted by molar-refractivity contribution is 0.0931. The summed E-state index contributed by atoms with van der Waals surface area (Å²) >= 11 is 6.14. The lowest BCUT2D eigenvalue weighted by atomic mass is 10.2. The molecule has 9 heteroatoms. The second-order valence-corrected chi connectivity index (χ2v) is 6.44. The highest BCUT2D eigenvalue weighted by atomic mass is 35.5. The first-order chi connectivity index (χ1) is 12.3. The van der Waals surface area contributed by atoms with Crippen LogP contribution in [0, 0.1) is 6.92 Å². The Morgan fingerprint density at radius 2 is 1.92 bits per heavy atom. The van der Waals surface area contributed by atoms with Gasteiger partial charge in [0.2, 0.25) is 5.28 Å². The van der Waals surface area contributed by atoms with Crippen molar-refractivity contribution in [2.75, 3.05) is 6.61 Å². The van der Waals surface area contributed by atoms with Gasteiger partial charge >= 0.3 is 5.69 Å². The second kappa shape index (κ2) is 6.97. The SMILES string of the molecule is Cc1ccccc1OC[C@H](O)Cn1c(Cl)nc2c1c(=O)n(C)c(=O)n2C. The number of rotatable bonds is 5. The third-order valence-electron chi connectivity index (χ3n) is 4.22. The minimum absolute atomic E-state index is 0.00859. The predicted molar refractivity (Wildman–Crippen MR) is 97.9 cm³/mol. The minimum atomic E-state index is -0.925. The van der Waals surface area contributed by atoms with Gasteiger partial charge in [-0.2, -0.15) is 4.98 Å². The van der Waals surface area contributed by atoms with E-state index in [1.54, 1.807) is 0 Å². The molecule has 2 aromatic heterocycles. The Hall–Kier alpha value is -2.58. The number of aryl methyl sites for hydroxylation is 2. The van der Waals surface area contributed by atoms with Gasteiger partial charge in [-0.3, -0.25) is 13.9 Å². The van der Waals surface area contributed by atoms with E-state index in [0.717, 1.165) is 10.1 Å². The van der Waals surface area contributed by atoms with Gasteiger partial charge in [-0.25, -0.2) is 4.79 Å². The van der Waals surface area contributed by atoms with E-state index in [0.29, 0.717) is 5.75 Å². The molecule has 0 aliphatic rings. The van der Waals surface area contributed by atoms with Gasteiger partial charge in [0.05, 0.1) is 6.54 Å². The van der Waals surface area contributed by atoms with Gasteiger partial charge in [-0.15, -0.1) is 0 Å². The maximum atomic E-state index is 12.5. The molecule has 0 amide bonds. The molecule has 0 fully saturated rings. The summed E-state index contributed by atoms with van der Waals surface area (Å²) < 4.78 is 9.25. The highest BCUT2D eigenvalue weighted by Crippen LogP contribution is 2.18. The van der Waals surface area contributed by atoms with Gasteiger partial charge in [0.1, 0.15) is 18.5 Å². The average molecular weight is 379 g/mol. The molecule has 1 N–H and O–H groups in total. The molecule has 0 saturated carbocycles. The molecule has 0 bridgehead atoms. The number of ether oxygens (including phenoxy) is 1. The number of para-hydroxylation sites is 1. The maximum absolute atomic E-state index is 12.5. The Labute approximate surface area is 153 Å². The number of aliphatic hydroxyl groups is 1. The van der Waals surface area contributed by atoms with Crippen LogP contribution < -0.4 is 16.0 Å². The Balaban J connectivity index is 1.89. The average Bonchev–Trinajstić information content (AvgIpc) is 2.94. The molecule has 0 aliphatic carbocycles.